The highest BCUT2D eigenvalue weighted by atomic mass is 16.6. The topological polar surface area (TPSA) is 62.6 Å². The number of rotatable bonds is 5. The van der Waals surface area contributed by atoms with Crippen LogP contribution in [-0.2, 0) is 11.2 Å². The predicted molar refractivity (Wildman–Crippen MR) is 72.2 cm³/mol. The van der Waals surface area contributed by atoms with Crippen molar-refractivity contribution in [3.05, 3.63) is 42.2 Å². The third kappa shape index (κ3) is 3.50. The number of ether oxygens (including phenoxy) is 3. The first-order valence-corrected chi connectivity index (χ1v) is 6.11. The summed E-state index contributed by atoms with van der Waals surface area (Å²) in [6.45, 7) is 0.259. The van der Waals surface area contributed by atoms with Gasteiger partial charge in [0.25, 0.3) is 0 Å². The molecule has 106 valence electrons. The highest BCUT2D eigenvalue weighted by Crippen LogP contribution is 2.22. The van der Waals surface area contributed by atoms with Gasteiger partial charge in [-0.1, -0.05) is 0 Å². The van der Waals surface area contributed by atoms with E-state index in [1.807, 2.05) is 12.1 Å². The van der Waals surface area contributed by atoms with Crippen molar-refractivity contribution in [2.45, 2.75) is 6.42 Å². The number of aromatic nitrogens is 2. The zero-order valence-electron chi connectivity index (χ0n) is 11.4. The van der Waals surface area contributed by atoms with Crippen LogP contribution in [0.25, 0.3) is 0 Å². The summed E-state index contributed by atoms with van der Waals surface area (Å²) >= 11 is 0. The van der Waals surface area contributed by atoms with Gasteiger partial charge in [0.15, 0.2) is 0 Å². The van der Waals surface area contributed by atoms with Gasteiger partial charge in [0.2, 0.25) is 0 Å². The number of carbonyl (C=O) groups is 1. The molecule has 6 nitrogen and oxygen atoms in total. The molecule has 0 aliphatic carbocycles. The third-order valence-corrected chi connectivity index (χ3v) is 2.72. The van der Waals surface area contributed by atoms with E-state index >= 15 is 0 Å². The summed E-state index contributed by atoms with van der Waals surface area (Å²) in [4.78, 5) is 11.6. The maximum Gasteiger partial charge on any atom is 0.434 e. The Labute approximate surface area is 116 Å². The first-order valence-electron chi connectivity index (χ1n) is 6.11. The molecule has 0 atom stereocenters. The minimum absolute atomic E-state index is 0.259. The molecule has 0 saturated carbocycles. The molecule has 0 aliphatic heterocycles. The molecule has 0 N–H and O–H groups in total. The molecule has 2 rings (SSSR count). The number of benzene rings is 1. The zero-order chi connectivity index (χ0) is 14.4. The molecule has 1 heterocycles. The normalized spacial score (nSPS) is 10.1. The Bertz CT molecular complexity index is 544. The van der Waals surface area contributed by atoms with Crippen molar-refractivity contribution < 1.29 is 19.0 Å². The van der Waals surface area contributed by atoms with Gasteiger partial charge in [-0.25, -0.2) is 4.79 Å². The highest BCUT2D eigenvalue weighted by Gasteiger charge is 2.06. The van der Waals surface area contributed by atoms with Crippen LogP contribution in [0.3, 0.4) is 0 Å². The van der Waals surface area contributed by atoms with Crippen molar-refractivity contribution >= 4 is 6.09 Å². The van der Waals surface area contributed by atoms with Crippen molar-refractivity contribution in [2.75, 3.05) is 20.8 Å². The fraction of sp³-hybridized carbons (Fsp3) is 0.286. The second kappa shape index (κ2) is 6.60. The van der Waals surface area contributed by atoms with E-state index in [-0.39, 0.29) is 6.61 Å². The lowest BCUT2D eigenvalue weighted by atomic mass is 10.1. The van der Waals surface area contributed by atoms with Crippen LogP contribution in [0, 0.1) is 0 Å². The van der Waals surface area contributed by atoms with E-state index in [4.69, 9.17) is 14.2 Å². The zero-order valence-corrected chi connectivity index (χ0v) is 11.4. The van der Waals surface area contributed by atoms with Crippen LogP contribution in [0.5, 0.6) is 11.5 Å². The van der Waals surface area contributed by atoms with E-state index in [2.05, 4.69) is 5.10 Å². The average Bonchev–Trinajstić information content (AvgIpc) is 3.01. The summed E-state index contributed by atoms with van der Waals surface area (Å²) in [7, 11) is 3.19. The molecule has 0 spiro atoms. The standard InChI is InChI=1S/C14H16N2O4/c1-18-12-8-11(9-13(10-12)19-2)4-7-20-14(17)16-6-3-5-15-16/h3,5-6,8-10H,4,7H2,1-2H3. The molecule has 0 bridgehead atoms. The lowest BCUT2D eigenvalue weighted by Crippen LogP contribution is -2.15. The molecule has 0 unspecified atom stereocenters. The lowest BCUT2D eigenvalue weighted by molar-refractivity contribution is 0.145. The summed E-state index contributed by atoms with van der Waals surface area (Å²) in [5.41, 5.74) is 0.967. The van der Waals surface area contributed by atoms with E-state index < -0.39 is 6.09 Å². The van der Waals surface area contributed by atoms with E-state index in [0.29, 0.717) is 17.9 Å². The fourth-order valence-electron chi connectivity index (χ4n) is 1.71. The first-order chi connectivity index (χ1) is 9.72. The smallest absolute Gasteiger partial charge is 0.434 e. The van der Waals surface area contributed by atoms with E-state index in [1.54, 1.807) is 26.4 Å². The lowest BCUT2D eigenvalue weighted by Gasteiger charge is -2.09. The minimum Gasteiger partial charge on any atom is -0.497 e. The molecule has 6 heteroatoms. The Morgan fingerprint density at radius 2 is 1.90 bits per heavy atom. The van der Waals surface area contributed by atoms with Gasteiger partial charge in [-0.05, 0) is 23.8 Å². The van der Waals surface area contributed by atoms with Gasteiger partial charge >= 0.3 is 6.09 Å². The van der Waals surface area contributed by atoms with Crippen LogP contribution < -0.4 is 9.47 Å². The highest BCUT2D eigenvalue weighted by molar-refractivity contribution is 5.68. The Balaban J connectivity index is 1.92. The molecule has 1 aromatic carbocycles. The summed E-state index contributed by atoms with van der Waals surface area (Å²) in [5.74, 6) is 1.41. The average molecular weight is 276 g/mol. The summed E-state index contributed by atoms with van der Waals surface area (Å²) in [5, 5.41) is 3.80. The molecule has 0 aliphatic rings. The molecule has 0 saturated heterocycles. The van der Waals surface area contributed by atoms with Gasteiger partial charge in [0, 0.05) is 24.9 Å². The molecule has 20 heavy (non-hydrogen) atoms. The molecule has 0 radical (unpaired) electrons. The second-order valence-corrected chi connectivity index (χ2v) is 4.04. The van der Waals surface area contributed by atoms with Gasteiger partial charge in [-0.2, -0.15) is 9.78 Å². The summed E-state index contributed by atoms with van der Waals surface area (Å²) < 4.78 is 16.6. The molecular weight excluding hydrogens is 260 g/mol. The van der Waals surface area contributed by atoms with Gasteiger partial charge in [0.1, 0.15) is 11.5 Å². The number of carbonyl (C=O) groups excluding carboxylic acids is 1. The summed E-state index contributed by atoms with van der Waals surface area (Å²) in [6, 6.07) is 7.21. The second-order valence-electron chi connectivity index (χ2n) is 4.04. The van der Waals surface area contributed by atoms with Crippen LogP contribution in [-0.4, -0.2) is 36.7 Å². The number of methoxy groups -OCH3 is 2. The molecule has 1 aromatic heterocycles. The van der Waals surface area contributed by atoms with Crippen molar-refractivity contribution in [2.24, 2.45) is 0 Å². The van der Waals surface area contributed by atoms with Crippen LogP contribution in [0.15, 0.2) is 36.7 Å². The van der Waals surface area contributed by atoms with Crippen LogP contribution >= 0.6 is 0 Å². The number of hydrogen-bond donors (Lipinski definition) is 0. The maximum absolute atomic E-state index is 11.6. The van der Waals surface area contributed by atoms with Gasteiger partial charge in [-0.3, -0.25) is 0 Å². The van der Waals surface area contributed by atoms with Crippen LogP contribution in [0.1, 0.15) is 5.56 Å². The number of nitrogens with zero attached hydrogens (tertiary/aromatic N) is 2. The predicted octanol–water partition coefficient (Wildman–Crippen LogP) is 2.13. The van der Waals surface area contributed by atoms with Crippen molar-refractivity contribution in [3.63, 3.8) is 0 Å². The quantitative estimate of drug-likeness (QED) is 0.837. The first kappa shape index (κ1) is 13.9. The van der Waals surface area contributed by atoms with E-state index in [0.717, 1.165) is 10.2 Å². The van der Waals surface area contributed by atoms with Crippen molar-refractivity contribution in [3.8, 4) is 11.5 Å². The fourth-order valence-corrected chi connectivity index (χ4v) is 1.71. The molecule has 0 amide bonds. The monoisotopic (exact) mass is 276 g/mol. The molecular formula is C14H16N2O4. The Morgan fingerprint density at radius 3 is 2.45 bits per heavy atom. The Morgan fingerprint density at radius 1 is 1.20 bits per heavy atom. The minimum atomic E-state index is -0.495. The largest absolute Gasteiger partial charge is 0.497 e. The van der Waals surface area contributed by atoms with Crippen LogP contribution in [0.2, 0.25) is 0 Å². The Hall–Kier alpha value is -2.50. The van der Waals surface area contributed by atoms with Gasteiger partial charge in [0.05, 0.1) is 20.8 Å². The number of hydrogen-bond acceptors (Lipinski definition) is 5. The van der Waals surface area contributed by atoms with Crippen molar-refractivity contribution in [1.29, 1.82) is 0 Å². The van der Waals surface area contributed by atoms with Gasteiger partial charge in [-0.15, -0.1) is 0 Å². The molecule has 2 aromatic rings. The van der Waals surface area contributed by atoms with E-state index in [1.165, 1.54) is 12.4 Å². The maximum atomic E-state index is 11.6. The van der Waals surface area contributed by atoms with Gasteiger partial charge < -0.3 is 14.2 Å². The van der Waals surface area contributed by atoms with E-state index in [9.17, 15) is 4.79 Å². The van der Waals surface area contributed by atoms with Crippen molar-refractivity contribution in [1.82, 2.24) is 9.78 Å². The Kier molecular flexibility index (Phi) is 4.60. The SMILES string of the molecule is COc1cc(CCOC(=O)n2cccn2)cc(OC)c1. The van der Waals surface area contributed by atoms with Crippen LogP contribution in [0.4, 0.5) is 4.79 Å². The summed E-state index contributed by atoms with van der Waals surface area (Å²) in [6.07, 6.45) is 3.14. The third-order valence-electron chi connectivity index (χ3n) is 2.72. The molecule has 0 fully saturated rings.